The summed E-state index contributed by atoms with van der Waals surface area (Å²) in [5, 5.41) is 10.9. The van der Waals surface area contributed by atoms with E-state index in [4.69, 9.17) is 27.9 Å². The summed E-state index contributed by atoms with van der Waals surface area (Å²) in [6, 6.07) is 9.79. The monoisotopic (exact) mass is 328 g/mol. The number of methoxy groups -OCH3 is 1. The summed E-state index contributed by atoms with van der Waals surface area (Å²) < 4.78 is 18.9. The summed E-state index contributed by atoms with van der Waals surface area (Å²) in [5.74, 6) is 0.0414. The Morgan fingerprint density at radius 3 is 2.52 bits per heavy atom. The van der Waals surface area contributed by atoms with Gasteiger partial charge in [0.15, 0.2) is 0 Å². The van der Waals surface area contributed by atoms with Gasteiger partial charge >= 0.3 is 0 Å². The van der Waals surface area contributed by atoms with E-state index in [1.54, 1.807) is 20.1 Å². The van der Waals surface area contributed by atoms with Gasteiger partial charge in [-0.3, -0.25) is 0 Å². The van der Waals surface area contributed by atoms with Crippen LogP contribution in [-0.4, -0.2) is 12.2 Å². The quantitative estimate of drug-likeness (QED) is 0.831. The fraction of sp³-hybridized carbons (Fsp3) is 0.250. The molecule has 1 atom stereocenters. The van der Waals surface area contributed by atoms with E-state index in [9.17, 15) is 9.50 Å². The zero-order chi connectivity index (χ0) is 15.6. The lowest BCUT2D eigenvalue weighted by molar-refractivity contribution is 0.0567. The van der Waals surface area contributed by atoms with Crippen LogP contribution in [0.15, 0.2) is 36.4 Å². The minimum atomic E-state index is -1.35. The first kappa shape index (κ1) is 16.1. The number of hydrogen-bond acceptors (Lipinski definition) is 2. The molecule has 0 saturated heterocycles. The Hall–Kier alpha value is -1.29. The number of halogens is 3. The van der Waals surface area contributed by atoms with Crippen molar-refractivity contribution in [2.45, 2.75) is 18.9 Å². The lowest BCUT2D eigenvalue weighted by atomic mass is 9.88. The standard InChI is InChI=1S/C16H15Cl2FO2/c1-16(20,9-10-5-3-4-6-15(10)21-2)11-7-14(19)13(18)8-12(11)17/h3-8,20H,9H2,1-2H3. The summed E-state index contributed by atoms with van der Waals surface area (Å²) in [6.07, 6.45) is 0.234. The SMILES string of the molecule is COc1ccccc1CC(C)(O)c1cc(F)c(Cl)cc1Cl. The Balaban J connectivity index is 2.40. The topological polar surface area (TPSA) is 29.5 Å². The molecule has 1 N–H and O–H groups in total. The van der Waals surface area contributed by atoms with Crippen LogP contribution in [-0.2, 0) is 12.0 Å². The minimum Gasteiger partial charge on any atom is -0.496 e. The van der Waals surface area contributed by atoms with Crippen molar-refractivity contribution >= 4 is 23.2 Å². The second kappa shape index (κ2) is 6.22. The first-order chi connectivity index (χ1) is 9.85. The largest absolute Gasteiger partial charge is 0.496 e. The predicted molar refractivity (Wildman–Crippen MR) is 82.7 cm³/mol. The molecule has 2 aromatic carbocycles. The van der Waals surface area contributed by atoms with Crippen LogP contribution < -0.4 is 4.74 Å². The van der Waals surface area contributed by atoms with Gasteiger partial charge < -0.3 is 9.84 Å². The Morgan fingerprint density at radius 2 is 1.86 bits per heavy atom. The zero-order valence-corrected chi connectivity index (χ0v) is 13.2. The van der Waals surface area contributed by atoms with E-state index in [-0.39, 0.29) is 22.0 Å². The van der Waals surface area contributed by atoms with Gasteiger partial charge in [0.05, 0.1) is 17.7 Å². The third-order valence-electron chi connectivity index (χ3n) is 3.32. The van der Waals surface area contributed by atoms with Crippen molar-refractivity contribution in [1.82, 2.24) is 0 Å². The highest BCUT2D eigenvalue weighted by Crippen LogP contribution is 2.35. The van der Waals surface area contributed by atoms with E-state index in [0.717, 1.165) is 5.56 Å². The molecule has 0 spiro atoms. The van der Waals surface area contributed by atoms with E-state index in [0.29, 0.717) is 5.75 Å². The Bertz CT molecular complexity index is 657. The van der Waals surface area contributed by atoms with E-state index >= 15 is 0 Å². The van der Waals surface area contributed by atoms with Gasteiger partial charge in [-0.05, 0) is 30.7 Å². The molecule has 0 aliphatic rings. The number of benzene rings is 2. The number of ether oxygens (including phenoxy) is 1. The van der Waals surface area contributed by atoms with Crippen molar-refractivity contribution in [1.29, 1.82) is 0 Å². The molecule has 1 unspecified atom stereocenters. The second-order valence-corrected chi connectivity index (χ2v) is 5.82. The number of rotatable bonds is 4. The maximum atomic E-state index is 13.6. The van der Waals surface area contributed by atoms with E-state index in [1.165, 1.54) is 12.1 Å². The van der Waals surface area contributed by atoms with Gasteiger partial charge in [0.1, 0.15) is 11.6 Å². The van der Waals surface area contributed by atoms with Crippen LogP contribution in [0.3, 0.4) is 0 Å². The van der Waals surface area contributed by atoms with Crippen LogP contribution in [0.25, 0.3) is 0 Å². The molecule has 0 aliphatic carbocycles. The fourth-order valence-electron chi connectivity index (χ4n) is 2.25. The molecule has 21 heavy (non-hydrogen) atoms. The van der Waals surface area contributed by atoms with Crippen LogP contribution in [0.1, 0.15) is 18.1 Å². The van der Waals surface area contributed by atoms with Crippen LogP contribution in [0.2, 0.25) is 10.0 Å². The van der Waals surface area contributed by atoms with Crippen LogP contribution in [0, 0.1) is 5.82 Å². The van der Waals surface area contributed by atoms with Gasteiger partial charge in [-0.25, -0.2) is 4.39 Å². The third-order valence-corrected chi connectivity index (χ3v) is 3.92. The maximum Gasteiger partial charge on any atom is 0.142 e. The van der Waals surface area contributed by atoms with Gasteiger partial charge in [-0.15, -0.1) is 0 Å². The van der Waals surface area contributed by atoms with Crippen molar-refractivity contribution in [3.63, 3.8) is 0 Å². The number of aliphatic hydroxyl groups is 1. The van der Waals surface area contributed by atoms with Gasteiger partial charge in [0.2, 0.25) is 0 Å². The summed E-state index contributed by atoms with van der Waals surface area (Å²) in [4.78, 5) is 0. The molecule has 0 fully saturated rings. The zero-order valence-electron chi connectivity index (χ0n) is 11.7. The molecule has 0 radical (unpaired) electrons. The number of para-hydroxylation sites is 1. The molecular formula is C16H15Cl2FO2. The third kappa shape index (κ3) is 3.49. The summed E-state index contributed by atoms with van der Waals surface area (Å²) in [6.45, 7) is 1.58. The van der Waals surface area contributed by atoms with Crippen molar-refractivity contribution in [2.24, 2.45) is 0 Å². The van der Waals surface area contributed by atoms with Crippen molar-refractivity contribution in [3.05, 3.63) is 63.4 Å². The van der Waals surface area contributed by atoms with Gasteiger partial charge in [-0.1, -0.05) is 41.4 Å². The van der Waals surface area contributed by atoms with Crippen LogP contribution >= 0.6 is 23.2 Å². The molecule has 0 bridgehead atoms. The van der Waals surface area contributed by atoms with E-state index in [1.807, 2.05) is 18.2 Å². The van der Waals surface area contributed by atoms with Crippen molar-refractivity contribution in [2.75, 3.05) is 7.11 Å². The highest BCUT2D eigenvalue weighted by molar-refractivity contribution is 6.35. The smallest absolute Gasteiger partial charge is 0.142 e. The first-order valence-electron chi connectivity index (χ1n) is 6.34. The first-order valence-corrected chi connectivity index (χ1v) is 7.10. The van der Waals surface area contributed by atoms with Crippen molar-refractivity contribution in [3.8, 4) is 5.75 Å². The molecule has 112 valence electrons. The summed E-state index contributed by atoms with van der Waals surface area (Å²) in [7, 11) is 1.56. The molecule has 0 heterocycles. The van der Waals surface area contributed by atoms with E-state index < -0.39 is 11.4 Å². The average molecular weight is 329 g/mol. The molecule has 5 heteroatoms. The second-order valence-electron chi connectivity index (χ2n) is 5.01. The van der Waals surface area contributed by atoms with E-state index in [2.05, 4.69) is 0 Å². The summed E-state index contributed by atoms with van der Waals surface area (Å²) >= 11 is 11.8. The molecule has 0 amide bonds. The lowest BCUT2D eigenvalue weighted by Crippen LogP contribution is -2.25. The lowest BCUT2D eigenvalue weighted by Gasteiger charge is -2.26. The Labute approximate surface area is 133 Å². The maximum absolute atomic E-state index is 13.6. The fourth-order valence-corrected chi connectivity index (χ4v) is 2.84. The Kier molecular flexibility index (Phi) is 4.77. The minimum absolute atomic E-state index is 0.0724. The summed E-state index contributed by atoms with van der Waals surface area (Å²) in [5.41, 5.74) is -0.259. The van der Waals surface area contributed by atoms with Gasteiger partial charge in [0.25, 0.3) is 0 Å². The van der Waals surface area contributed by atoms with Crippen molar-refractivity contribution < 1.29 is 14.2 Å². The Morgan fingerprint density at radius 1 is 1.19 bits per heavy atom. The van der Waals surface area contributed by atoms with Gasteiger partial charge in [0, 0.05) is 17.0 Å². The molecule has 2 rings (SSSR count). The number of hydrogen-bond donors (Lipinski definition) is 1. The molecule has 0 aliphatic heterocycles. The predicted octanol–water partition coefficient (Wildman–Crippen LogP) is 4.59. The normalized spacial score (nSPS) is 13.8. The molecule has 2 nitrogen and oxygen atoms in total. The highest BCUT2D eigenvalue weighted by Gasteiger charge is 2.28. The highest BCUT2D eigenvalue weighted by atomic mass is 35.5. The molecule has 2 aromatic rings. The molecular weight excluding hydrogens is 314 g/mol. The molecule has 0 saturated carbocycles. The average Bonchev–Trinajstić information content (AvgIpc) is 2.43. The van der Waals surface area contributed by atoms with Crippen LogP contribution in [0.5, 0.6) is 5.75 Å². The molecule has 0 aromatic heterocycles. The van der Waals surface area contributed by atoms with Gasteiger partial charge in [-0.2, -0.15) is 0 Å². The van der Waals surface area contributed by atoms with Crippen LogP contribution in [0.4, 0.5) is 4.39 Å².